The second kappa shape index (κ2) is 9.65. The smallest absolute Gasteiger partial charge is 0.315 e. The number of carbonyl (C=O) groups excluding carboxylic acids is 2. The highest BCUT2D eigenvalue weighted by Gasteiger charge is 2.08. The van der Waals surface area contributed by atoms with Gasteiger partial charge in [-0.05, 0) is 26.8 Å². The molecule has 6 nitrogen and oxygen atoms in total. The molecular formula is C16H24N2O4. The summed E-state index contributed by atoms with van der Waals surface area (Å²) >= 11 is 0. The molecule has 1 aromatic rings. The molecule has 0 aliphatic heterocycles. The number of benzene rings is 1. The van der Waals surface area contributed by atoms with Crippen molar-refractivity contribution in [3.63, 3.8) is 0 Å². The normalized spacial score (nSPS) is 10.2. The Morgan fingerprint density at radius 1 is 1.18 bits per heavy atom. The first-order chi connectivity index (χ1) is 10.5. The van der Waals surface area contributed by atoms with Crippen LogP contribution in [0.2, 0.25) is 0 Å². The molecule has 0 aromatic heterocycles. The molecule has 0 radical (unpaired) electrons. The number of urea groups is 1. The quantitative estimate of drug-likeness (QED) is 0.722. The fourth-order valence-electron chi connectivity index (χ4n) is 1.78. The summed E-state index contributed by atoms with van der Waals surface area (Å²) in [4.78, 5) is 23.0. The van der Waals surface area contributed by atoms with E-state index < -0.39 is 0 Å². The van der Waals surface area contributed by atoms with E-state index in [0.717, 1.165) is 11.3 Å². The van der Waals surface area contributed by atoms with Gasteiger partial charge in [0, 0.05) is 18.7 Å². The van der Waals surface area contributed by atoms with Crippen molar-refractivity contribution in [2.75, 3.05) is 13.2 Å². The fraction of sp³-hybridized carbons (Fsp3) is 0.500. The first-order valence-corrected chi connectivity index (χ1v) is 7.44. The molecule has 0 fully saturated rings. The van der Waals surface area contributed by atoms with E-state index in [1.54, 1.807) is 13.8 Å². The lowest BCUT2D eigenvalue weighted by atomic mass is 10.2. The molecule has 1 aromatic carbocycles. The Balaban J connectivity index is 2.30. The molecule has 0 atom stereocenters. The van der Waals surface area contributed by atoms with E-state index in [2.05, 4.69) is 10.6 Å². The van der Waals surface area contributed by atoms with Crippen LogP contribution in [0, 0.1) is 0 Å². The molecule has 0 bridgehead atoms. The third-order valence-corrected chi connectivity index (χ3v) is 2.69. The SMILES string of the molecule is CCOc1ccccc1CNC(=O)NCCC(=O)OC(C)C. The second-order valence-electron chi connectivity index (χ2n) is 4.94. The maximum Gasteiger partial charge on any atom is 0.315 e. The highest BCUT2D eigenvalue weighted by atomic mass is 16.5. The Morgan fingerprint density at radius 2 is 1.91 bits per heavy atom. The third kappa shape index (κ3) is 6.97. The Hall–Kier alpha value is -2.24. The van der Waals surface area contributed by atoms with Gasteiger partial charge in [0.25, 0.3) is 0 Å². The summed E-state index contributed by atoms with van der Waals surface area (Å²) in [5.74, 6) is 0.433. The molecule has 1 rings (SSSR count). The van der Waals surface area contributed by atoms with E-state index in [0.29, 0.717) is 13.2 Å². The molecule has 22 heavy (non-hydrogen) atoms. The maximum atomic E-state index is 11.7. The Bertz CT molecular complexity index is 489. The van der Waals surface area contributed by atoms with E-state index in [-0.39, 0.29) is 31.1 Å². The zero-order valence-electron chi connectivity index (χ0n) is 13.3. The monoisotopic (exact) mass is 308 g/mol. The van der Waals surface area contributed by atoms with Gasteiger partial charge in [-0.1, -0.05) is 18.2 Å². The molecule has 0 unspecified atom stereocenters. The molecule has 0 aliphatic rings. The highest BCUT2D eigenvalue weighted by Crippen LogP contribution is 2.17. The van der Waals surface area contributed by atoms with Crippen LogP contribution in [0.1, 0.15) is 32.8 Å². The fourth-order valence-corrected chi connectivity index (χ4v) is 1.78. The molecular weight excluding hydrogens is 284 g/mol. The van der Waals surface area contributed by atoms with Crippen molar-refractivity contribution in [1.82, 2.24) is 10.6 Å². The summed E-state index contributed by atoms with van der Waals surface area (Å²) in [5, 5.41) is 5.35. The van der Waals surface area contributed by atoms with Gasteiger partial charge in [0.05, 0.1) is 19.1 Å². The van der Waals surface area contributed by atoms with Gasteiger partial charge in [0.2, 0.25) is 0 Å². The number of amides is 2. The average Bonchev–Trinajstić information content (AvgIpc) is 2.46. The largest absolute Gasteiger partial charge is 0.494 e. The van der Waals surface area contributed by atoms with E-state index in [1.165, 1.54) is 0 Å². The topological polar surface area (TPSA) is 76.7 Å². The van der Waals surface area contributed by atoms with E-state index >= 15 is 0 Å². The number of rotatable bonds is 8. The average molecular weight is 308 g/mol. The number of hydrogen-bond acceptors (Lipinski definition) is 4. The van der Waals surface area contributed by atoms with Gasteiger partial charge in [-0.15, -0.1) is 0 Å². The molecule has 6 heteroatoms. The van der Waals surface area contributed by atoms with E-state index in [9.17, 15) is 9.59 Å². The third-order valence-electron chi connectivity index (χ3n) is 2.69. The minimum atomic E-state index is -0.330. The van der Waals surface area contributed by atoms with Gasteiger partial charge >= 0.3 is 12.0 Å². The predicted molar refractivity (Wildman–Crippen MR) is 83.7 cm³/mol. The Kier molecular flexibility index (Phi) is 7.81. The van der Waals surface area contributed by atoms with Crippen LogP contribution in [0.5, 0.6) is 5.75 Å². The van der Waals surface area contributed by atoms with Crippen LogP contribution in [-0.2, 0) is 16.1 Å². The van der Waals surface area contributed by atoms with Crippen molar-refractivity contribution >= 4 is 12.0 Å². The lowest BCUT2D eigenvalue weighted by molar-refractivity contribution is -0.147. The van der Waals surface area contributed by atoms with Crippen molar-refractivity contribution < 1.29 is 19.1 Å². The van der Waals surface area contributed by atoms with Crippen LogP contribution < -0.4 is 15.4 Å². The van der Waals surface area contributed by atoms with Crippen molar-refractivity contribution in [3.8, 4) is 5.75 Å². The van der Waals surface area contributed by atoms with Crippen LogP contribution in [0.3, 0.4) is 0 Å². The summed E-state index contributed by atoms with van der Waals surface area (Å²) in [6, 6.07) is 7.20. The van der Waals surface area contributed by atoms with E-state index in [1.807, 2.05) is 31.2 Å². The first kappa shape index (κ1) is 17.8. The van der Waals surface area contributed by atoms with Crippen LogP contribution in [0.15, 0.2) is 24.3 Å². The Morgan fingerprint density at radius 3 is 2.59 bits per heavy atom. The zero-order valence-corrected chi connectivity index (χ0v) is 13.3. The van der Waals surface area contributed by atoms with Gasteiger partial charge < -0.3 is 20.1 Å². The van der Waals surface area contributed by atoms with E-state index in [4.69, 9.17) is 9.47 Å². The molecule has 0 saturated heterocycles. The van der Waals surface area contributed by atoms with Crippen LogP contribution in [0.4, 0.5) is 4.79 Å². The van der Waals surface area contributed by atoms with Crippen molar-refractivity contribution in [2.24, 2.45) is 0 Å². The standard InChI is InChI=1S/C16H24N2O4/c1-4-21-14-8-6-5-7-13(14)11-18-16(20)17-10-9-15(19)22-12(2)3/h5-8,12H,4,9-11H2,1-3H3,(H2,17,18,20). The molecule has 2 N–H and O–H groups in total. The number of nitrogens with one attached hydrogen (secondary N) is 2. The molecule has 0 aliphatic carbocycles. The van der Waals surface area contributed by atoms with Gasteiger partial charge in [0.15, 0.2) is 0 Å². The van der Waals surface area contributed by atoms with Crippen LogP contribution in [0.25, 0.3) is 0 Å². The van der Waals surface area contributed by atoms with Crippen LogP contribution >= 0.6 is 0 Å². The number of para-hydroxylation sites is 1. The number of carbonyl (C=O) groups is 2. The predicted octanol–water partition coefficient (Wildman–Crippen LogP) is 2.23. The molecule has 122 valence electrons. The zero-order chi connectivity index (χ0) is 16.4. The summed E-state index contributed by atoms with van der Waals surface area (Å²) in [6.07, 6.45) is 0.0117. The second-order valence-corrected chi connectivity index (χ2v) is 4.94. The van der Waals surface area contributed by atoms with Crippen molar-refractivity contribution in [2.45, 2.75) is 39.8 Å². The first-order valence-electron chi connectivity index (χ1n) is 7.44. The lowest BCUT2D eigenvalue weighted by Crippen LogP contribution is -2.36. The maximum absolute atomic E-state index is 11.7. The lowest BCUT2D eigenvalue weighted by Gasteiger charge is -2.12. The minimum Gasteiger partial charge on any atom is -0.494 e. The summed E-state index contributed by atoms with van der Waals surface area (Å²) in [7, 11) is 0. The van der Waals surface area contributed by atoms with Crippen molar-refractivity contribution in [3.05, 3.63) is 29.8 Å². The van der Waals surface area contributed by atoms with Crippen LogP contribution in [-0.4, -0.2) is 31.3 Å². The van der Waals surface area contributed by atoms with Crippen molar-refractivity contribution in [1.29, 1.82) is 0 Å². The van der Waals surface area contributed by atoms with Gasteiger partial charge in [-0.3, -0.25) is 4.79 Å². The Labute approximate surface area is 131 Å². The van der Waals surface area contributed by atoms with Gasteiger partial charge in [-0.2, -0.15) is 0 Å². The summed E-state index contributed by atoms with van der Waals surface area (Å²) < 4.78 is 10.5. The molecule has 0 heterocycles. The minimum absolute atomic E-state index is 0.142. The molecule has 0 saturated carbocycles. The highest BCUT2D eigenvalue weighted by molar-refractivity contribution is 5.75. The molecule has 0 spiro atoms. The number of esters is 1. The molecule has 2 amide bonds. The summed E-state index contributed by atoms with van der Waals surface area (Å²) in [6.45, 7) is 6.65. The number of ether oxygens (including phenoxy) is 2. The van der Waals surface area contributed by atoms with Gasteiger partial charge in [0.1, 0.15) is 5.75 Å². The van der Waals surface area contributed by atoms with Gasteiger partial charge in [-0.25, -0.2) is 4.79 Å². The number of hydrogen-bond donors (Lipinski definition) is 2. The summed E-state index contributed by atoms with van der Waals surface area (Å²) in [5.41, 5.74) is 0.902.